The molecule has 0 radical (unpaired) electrons. The third kappa shape index (κ3) is 5.31. The SMILES string of the molecule is O=C(Nc1cccc(C(=O)N2CCCC2)c1)c1ccccc1OCCc1ccccc1. The van der Waals surface area contributed by atoms with Crippen LogP contribution in [0, 0.1) is 0 Å². The van der Waals surface area contributed by atoms with Crippen LogP contribution in [0.3, 0.4) is 0 Å². The summed E-state index contributed by atoms with van der Waals surface area (Å²) < 4.78 is 5.91. The van der Waals surface area contributed by atoms with Gasteiger partial charge in [0.05, 0.1) is 12.2 Å². The van der Waals surface area contributed by atoms with Crippen LogP contribution in [0.2, 0.25) is 0 Å². The van der Waals surface area contributed by atoms with Gasteiger partial charge in [-0.15, -0.1) is 0 Å². The van der Waals surface area contributed by atoms with E-state index in [1.807, 2.05) is 35.2 Å². The first-order chi connectivity index (χ1) is 15.2. The highest BCUT2D eigenvalue weighted by Gasteiger charge is 2.20. The van der Waals surface area contributed by atoms with Gasteiger partial charge in [0.1, 0.15) is 5.75 Å². The van der Waals surface area contributed by atoms with Crippen molar-refractivity contribution in [2.75, 3.05) is 25.0 Å². The molecule has 158 valence electrons. The van der Waals surface area contributed by atoms with Crippen molar-refractivity contribution in [2.24, 2.45) is 0 Å². The van der Waals surface area contributed by atoms with Gasteiger partial charge in [-0.2, -0.15) is 0 Å². The summed E-state index contributed by atoms with van der Waals surface area (Å²) in [5, 5.41) is 2.90. The number of hydrogen-bond acceptors (Lipinski definition) is 3. The fraction of sp³-hybridized carbons (Fsp3) is 0.231. The highest BCUT2D eigenvalue weighted by atomic mass is 16.5. The Kier molecular flexibility index (Phi) is 6.62. The van der Waals surface area contributed by atoms with Crippen LogP contribution in [-0.2, 0) is 6.42 Å². The number of carbonyl (C=O) groups excluding carboxylic acids is 2. The average Bonchev–Trinajstić information content (AvgIpc) is 3.35. The molecule has 0 aromatic heterocycles. The summed E-state index contributed by atoms with van der Waals surface area (Å²) in [7, 11) is 0. The van der Waals surface area contributed by atoms with Crippen molar-refractivity contribution in [3.63, 3.8) is 0 Å². The smallest absolute Gasteiger partial charge is 0.259 e. The summed E-state index contributed by atoms with van der Waals surface area (Å²) in [4.78, 5) is 27.4. The number of nitrogens with one attached hydrogen (secondary N) is 1. The molecule has 0 bridgehead atoms. The molecule has 1 N–H and O–H groups in total. The zero-order valence-corrected chi connectivity index (χ0v) is 17.4. The lowest BCUT2D eigenvalue weighted by molar-refractivity contribution is 0.0792. The first kappa shape index (κ1) is 20.7. The molecule has 1 aliphatic rings. The van der Waals surface area contributed by atoms with Crippen LogP contribution in [0.1, 0.15) is 39.1 Å². The van der Waals surface area contributed by atoms with E-state index < -0.39 is 0 Å². The quantitative estimate of drug-likeness (QED) is 0.604. The summed E-state index contributed by atoms with van der Waals surface area (Å²) in [5.74, 6) is 0.291. The monoisotopic (exact) mass is 414 g/mol. The maximum absolute atomic E-state index is 12.9. The van der Waals surface area contributed by atoms with Crippen molar-refractivity contribution in [3.8, 4) is 5.75 Å². The van der Waals surface area contributed by atoms with Crippen molar-refractivity contribution in [3.05, 3.63) is 95.6 Å². The number of anilines is 1. The van der Waals surface area contributed by atoms with E-state index in [-0.39, 0.29) is 11.8 Å². The van der Waals surface area contributed by atoms with Crippen molar-refractivity contribution < 1.29 is 14.3 Å². The first-order valence-corrected chi connectivity index (χ1v) is 10.7. The number of hydrogen-bond donors (Lipinski definition) is 1. The third-order valence-electron chi connectivity index (χ3n) is 5.38. The Morgan fingerprint density at radius 3 is 2.42 bits per heavy atom. The van der Waals surface area contributed by atoms with E-state index in [2.05, 4.69) is 17.4 Å². The Bertz CT molecular complexity index is 1040. The third-order valence-corrected chi connectivity index (χ3v) is 5.38. The molecule has 0 aliphatic carbocycles. The van der Waals surface area contributed by atoms with E-state index >= 15 is 0 Å². The lowest BCUT2D eigenvalue weighted by Crippen LogP contribution is -2.27. The predicted octanol–water partition coefficient (Wildman–Crippen LogP) is 4.80. The van der Waals surface area contributed by atoms with Gasteiger partial charge in [0, 0.05) is 30.8 Å². The number of rotatable bonds is 7. The Morgan fingerprint density at radius 2 is 1.61 bits per heavy atom. The van der Waals surface area contributed by atoms with Crippen LogP contribution in [0.4, 0.5) is 5.69 Å². The molecule has 0 spiro atoms. The van der Waals surface area contributed by atoms with Crippen molar-refractivity contribution in [2.45, 2.75) is 19.3 Å². The maximum atomic E-state index is 12.9. The fourth-order valence-corrected chi connectivity index (χ4v) is 3.73. The van der Waals surface area contributed by atoms with Crippen LogP contribution in [0.15, 0.2) is 78.9 Å². The number of para-hydroxylation sites is 1. The molecule has 3 aromatic rings. The minimum Gasteiger partial charge on any atom is -0.492 e. The van der Waals surface area contributed by atoms with Crippen molar-refractivity contribution in [1.82, 2.24) is 4.90 Å². The maximum Gasteiger partial charge on any atom is 0.259 e. The van der Waals surface area contributed by atoms with Crippen LogP contribution in [0.5, 0.6) is 5.75 Å². The van der Waals surface area contributed by atoms with Crippen LogP contribution < -0.4 is 10.1 Å². The zero-order valence-electron chi connectivity index (χ0n) is 17.4. The second kappa shape index (κ2) is 9.94. The second-order valence-electron chi connectivity index (χ2n) is 7.61. The minimum atomic E-state index is -0.263. The lowest BCUT2D eigenvalue weighted by atomic mass is 10.1. The van der Waals surface area contributed by atoms with Gasteiger partial charge in [-0.25, -0.2) is 0 Å². The van der Waals surface area contributed by atoms with Gasteiger partial charge in [0.15, 0.2) is 0 Å². The molecule has 5 nitrogen and oxygen atoms in total. The van der Waals surface area contributed by atoms with E-state index in [0.717, 1.165) is 32.4 Å². The lowest BCUT2D eigenvalue weighted by Gasteiger charge is -2.16. The molecule has 4 rings (SSSR count). The topological polar surface area (TPSA) is 58.6 Å². The molecule has 1 heterocycles. The predicted molar refractivity (Wildman–Crippen MR) is 122 cm³/mol. The van der Waals surface area contributed by atoms with Gasteiger partial charge in [0.2, 0.25) is 0 Å². The van der Waals surface area contributed by atoms with Gasteiger partial charge in [-0.05, 0) is 48.7 Å². The van der Waals surface area contributed by atoms with E-state index in [4.69, 9.17) is 4.74 Å². The highest BCUT2D eigenvalue weighted by Crippen LogP contribution is 2.21. The highest BCUT2D eigenvalue weighted by molar-refractivity contribution is 6.06. The number of ether oxygens (including phenoxy) is 1. The standard InChI is InChI=1S/C26H26N2O3/c29-25(27-22-12-8-11-21(19-22)26(30)28-16-6-7-17-28)23-13-4-5-14-24(23)31-18-15-20-9-2-1-3-10-20/h1-5,8-14,19H,6-7,15-18H2,(H,27,29). The van der Waals surface area contributed by atoms with Crippen LogP contribution in [-0.4, -0.2) is 36.4 Å². The minimum absolute atomic E-state index is 0.0123. The van der Waals surface area contributed by atoms with Crippen LogP contribution in [0.25, 0.3) is 0 Å². The summed E-state index contributed by atoms with van der Waals surface area (Å²) in [6.07, 6.45) is 2.85. The van der Waals surface area contributed by atoms with E-state index in [9.17, 15) is 9.59 Å². The van der Waals surface area contributed by atoms with Gasteiger partial charge in [-0.1, -0.05) is 48.5 Å². The molecule has 1 saturated heterocycles. The van der Waals surface area contributed by atoms with E-state index in [0.29, 0.717) is 29.2 Å². The molecule has 0 saturated carbocycles. The first-order valence-electron chi connectivity index (χ1n) is 10.7. The summed E-state index contributed by atoms with van der Waals surface area (Å²) in [6.45, 7) is 2.07. The average molecular weight is 415 g/mol. The van der Waals surface area contributed by atoms with Crippen molar-refractivity contribution in [1.29, 1.82) is 0 Å². The summed E-state index contributed by atoms with van der Waals surface area (Å²) in [5.41, 5.74) is 2.83. The molecule has 1 aliphatic heterocycles. The van der Waals surface area contributed by atoms with Crippen molar-refractivity contribution >= 4 is 17.5 Å². The Labute approximate surface area is 182 Å². The zero-order chi connectivity index (χ0) is 21.5. The summed E-state index contributed by atoms with van der Waals surface area (Å²) in [6, 6.07) is 24.4. The molecular formula is C26H26N2O3. The summed E-state index contributed by atoms with van der Waals surface area (Å²) >= 11 is 0. The number of nitrogens with zero attached hydrogens (tertiary/aromatic N) is 1. The number of carbonyl (C=O) groups is 2. The Morgan fingerprint density at radius 1 is 0.871 bits per heavy atom. The Hall–Kier alpha value is -3.60. The molecule has 1 fully saturated rings. The molecular weight excluding hydrogens is 388 g/mol. The normalized spacial score (nSPS) is 13.1. The van der Waals surface area contributed by atoms with Gasteiger partial charge < -0.3 is 15.0 Å². The van der Waals surface area contributed by atoms with Gasteiger partial charge in [-0.3, -0.25) is 9.59 Å². The van der Waals surface area contributed by atoms with Gasteiger partial charge >= 0.3 is 0 Å². The second-order valence-corrected chi connectivity index (χ2v) is 7.61. The van der Waals surface area contributed by atoms with E-state index in [1.165, 1.54) is 5.56 Å². The largest absolute Gasteiger partial charge is 0.492 e. The van der Waals surface area contributed by atoms with Crippen LogP contribution >= 0.6 is 0 Å². The molecule has 2 amide bonds. The number of likely N-dealkylation sites (tertiary alicyclic amines) is 1. The molecule has 0 unspecified atom stereocenters. The number of amides is 2. The fourth-order valence-electron chi connectivity index (χ4n) is 3.73. The molecule has 0 atom stereocenters. The number of benzene rings is 3. The molecule has 5 heteroatoms. The molecule has 3 aromatic carbocycles. The van der Waals surface area contributed by atoms with E-state index in [1.54, 1.807) is 36.4 Å². The Balaban J connectivity index is 1.42. The van der Waals surface area contributed by atoms with Gasteiger partial charge in [0.25, 0.3) is 11.8 Å². The molecule has 31 heavy (non-hydrogen) atoms.